The van der Waals surface area contributed by atoms with E-state index in [0.29, 0.717) is 11.4 Å². The number of H-pyrrole nitrogens is 1. The molecule has 0 unspecified atom stereocenters. The number of nitrogens with zero attached hydrogens (tertiary/aromatic N) is 3. The summed E-state index contributed by atoms with van der Waals surface area (Å²) >= 11 is 0. The highest BCUT2D eigenvalue weighted by molar-refractivity contribution is 5.52. The zero-order chi connectivity index (χ0) is 10.9. The fraction of sp³-hybridized carbons (Fsp3) is 0.125. The molecule has 0 aromatic carbocycles. The molecule has 2 rings (SSSR count). The lowest BCUT2D eigenvalue weighted by Gasteiger charge is -2.04. The van der Waals surface area contributed by atoms with Gasteiger partial charge in [-0.3, -0.25) is 4.98 Å². The third-order valence-electron chi connectivity index (χ3n) is 1.74. The van der Waals surface area contributed by atoms with Crippen molar-refractivity contribution in [3.05, 3.63) is 30.4 Å². The fourth-order valence-electron chi connectivity index (χ4n) is 1.05. The summed E-state index contributed by atoms with van der Waals surface area (Å²) in [6.45, 7) is 0. The van der Waals surface area contributed by atoms with Crippen molar-refractivity contribution in [2.24, 2.45) is 0 Å². The van der Waals surface area contributed by atoms with E-state index in [1.807, 2.05) is 0 Å². The Morgan fingerprint density at radius 1 is 1.20 bits per heavy atom. The minimum atomic E-state index is -4.42. The van der Waals surface area contributed by atoms with E-state index in [4.69, 9.17) is 0 Å². The Labute approximate surface area is 82.2 Å². The van der Waals surface area contributed by atoms with Crippen molar-refractivity contribution >= 4 is 0 Å². The molecule has 7 heteroatoms. The van der Waals surface area contributed by atoms with Crippen LogP contribution in [0.3, 0.4) is 0 Å². The maximum Gasteiger partial charge on any atom is 0.433 e. The molecule has 0 aliphatic rings. The van der Waals surface area contributed by atoms with E-state index < -0.39 is 11.9 Å². The van der Waals surface area contributed by atoms with E-state index in [1.54, 1.807) is 0 Å². The second-order valence-electron chi connectivity index (χ2n) is 2.77. The van der Waals surface area contributed by atoms with Gasteiger partial charge in [-0.05, 0) is 12.1 Å². The molecule has 0 saturated carbocycles. The molecule has 4 nitrogen and oxygen atoms in total. The minimum absolute atomic E-state index is 0.385. The third-order valence-corrected chi connectivity index (χ3v) is 1.74. The van der Waals surface area contributed by atoms with E-state index in [0.717, 1.165) is 12.3 Å². The molecule has 78 valence electrons. The lowest BCUT2D eigenvalue weighted by Crippen LogP contribution is -2.07. The summed E-state index contributed by atoms with van der Waals surface area (Å²) in [4.78, 5) is 5.96. The highest BCUT2D eigenvalue weighted by Crippen LogP contribution is 2.28. The highest BCUT2D eigenvalue weighted by Gasteiger charge is 2.32. The molecule has 2 aromatic rings. The van der Waals surface area contributed by atoms with E-state index in [2.05, 4.69) is 20.2 Å². The Bertz CT molecular complexity index is 432. The van der Waals surface area contributed by atoms with Crippen LogP contribution in [0.5, 0.6) is 0 Å². The number of pyridine rings is 1. The summed E-state index contributed by atoms with van der Waals surface area (Å²) in [5, 5.41) is 7.17. The number of hydrogen-bond donors (Lipinski definition) is 1. The van der Waals surface area contributed by atoms with Crippen LogP contribution in [-0.4, -0.2) is 20.2 Å². The Hall–Kier alpha value is -1.92. The van der Waals surface area contributed by atoms with Gasteiger partial charge in [0.25, 0.3) is 0 Å². The fourth-order valence-corrected chi connectivity index (χ4v) is 1.05. The van der Waals surface area contributed by atoms with Crippen LogP contribution >= 0.6 is 0 Å². The number of aromatic nitrogens is 4. The van der Waals surface area contributed by atoms with E-state index in [-0.39, 0.29) is 0 Å². The van der Waals surface area contributed by atoms with Gasteiger partial charge in [0.2, 0.25) is 0 Å². The summed E-state index contributed by atoms with van der Waals surface area (Å²) in [7, 11) is 0. The van der Waals surface area contributed by atoms with Crippen LogP contribution in [0.1, 0.15) is 5.69 Å². The molecule has 0 fully saturated rings. The Morgan fingerprint density at radius 3 is 2.47 bits per heavy atom. The van der Waals surface area contributed by atoms with Gasteiger partial charge in [0.15, 0.2) is 5.82 Å². The van der Waals surface area contributed by atoms with Gasteiger partial charge in [0.1, 0.15) is 12.0 Å². The summed E-state index contributed by atoms with van der Waals surface area (Å²) < 4.78 is 36.5. The van der Waals surface area contributed by atoms with E-state index in [1.165, 1.54) is 12.4 Å². The molecule has 0 aliphatic heterocycles. The highest BCUT2D eigenvalue weighted by atomic mass is 19.4. The average Bonchev–Trinajstić information content (AvgIpc) is 2.69. The monoisotopic (exact) mass is 214 g/mol. The maximum absolute atomic E-state index is 12.2. The molecule has 15 heavy (non-hydrogen) atoms. The Morgan fingerprint density at radius 2 is 2.00 bits per heavy atom. The quantitative estimate of drug-likeness (QED) is 0.788. The lowest BCUT2D eigenvalue weighted by molar-refractivity contribution is -0.141. The van der Waals surface area contributed by atoms with E-state index in [9.17, 15) is 13.2 Å². The first kappa shape index (κ1) is 9.63. The molecule has 2 aromatic heterocycles. The van der Waals surface area contributed by atoms with Gasteiger partial charge < -0.3 is 4.98 Å². The molecule has 2 heterocycles. The molecular formula is C8H5F3N4. The molecule has 0 bridgehead atoms. The predicted molar refractivity (Wildman–Crippen MR) is 44.6 cm³/mol. The van der Waals surface area contributed by atoms with Gasteiger partial charge in [0.05, 0.1) is 0 Å². The first-order valence-electron chi connectivity index (χ1n) is 3.97. The largest absolute Gasteiger partial charge is 0.433 e. The SMILES string of the molecule is FC(F)(F)c1ccc(-c2nnc[nH]2)cn1. The number of halogens is 3. The van der Waals surface area contributed by atoms with Gasteiger partial charge in [-0.1, -0.05) is 0 Å². The van der Waals surface area contributed by atoms with Crippen LogP contribution in [0.2, 0.25) is 0 Å². The zero-order valence-electron chi connectivity index (χ0n) is 7.28. The first-order valence-corrected chi connectivity index (χ1v) is 3.97. The number of hydrogen-bond acceptors (Lipinski definition) is 3. The summed E-state index contributed by atoms with van der Waals surface area (Å²) in [6.07, 6.45) is -1.98. The Balaban J connectivity index is 2.33. The van der Waals surface area contributed by atoms with Crippen LogP contribution in [0.4, 0.5) is 13.2 Å². The number of rotatable bonds is 1. The third kappa shape index (κ3) is 1.95. The van der Waals surface area contributed by atoms with Crippen molar-refractivity contribution < 1.29 is 13.2 Å². The van der Waals surface area contributed by atoms with Gasteiger partial charge in [0, 0.05) is 11.8 Å². The summed E-state index contributed by atoms with van der Waals surface area (Å²) in [5.74, 6) is 0.385. The van der Waals surface area contributed by atoms with Gasteiger partial charge in [-0.15, -0.1) is 10.2 Å². The molecule has 0 radical (unpaired) electrons. The topological polar surface area (TPSA) is 54.5 Å². The molecule has 0 aliphatic carbocycles. The lowest BCUT2D eigenvalue weighted by atomic mass is 10.2. The van der Waals surface area contributed by atoms with Crippen LogP contribution in [0.25, 0.3) is 11.4 Å². The molecule has 0 amide bonds. The molecule has 1 N–H and O–H groups in total. The van der Waals surface area contributed by atoms with Gasteiger partial charge in [-0.25, -0.2) is 0 Å². The van der Waals surface area contributed by atoms with Gasteiger partial charge in [-0.2, -0.15) is 13.2 Å². The van der Waals surface area contributed by atoms with Crippen LogP contribution in [-0.2, 0) is 6.18 Å². The van der Waals surface area contributed by atoms with Crippen molar-refractivity contribution in [3.8, 4) is 11.4 Å². The molecule has 0 atom stereocenters. The van der Waals surface area contributed by atoms with Crippen molar-refractivity contribution in [1.82, 2.24) is 20.2 Å². The number of aromatic amines is 1. The Kier molecular flexibility index (Phi) is 2.14. The zero-order valence-corrected chi connectivity index (χ0v) is 7.28. The van der Waals surface area contributed by atoms with Crippen LogP contribution < -0.4 is 0 Å². The van der Waals surface area contributed by atoms with Crippen molar-refractivity contribution in [1.29, 1.82) is 0 Å². The molecule has 0 spiro atoms. The van der Waals surface area contributed by atoms with Crippen molar-refractivity contribution in [2.45, 2.75) is 6.18 Å². The molecule has 0 saturated heterocycles. The number of nitrogens with one attached hydrogen (secondary N) is 1. The second kappa shape index (κ2) is 3.34. The van der Waals surface area contributed by atoms with E-state index >= 15 is 0 Å². The smallest absolute Gasteiger partial charge is 0.328 e. The normalized spacial score (nSPS) is 11.7. The first-order chi connectivity index (χ1) is 7.07. The van der Waals surface area contributed by atoms with Crippen molar-refractivity contribution in [3.63, 3.8) is 0 Å². The molecular weight excluding hydrogens is 209 g/mol. The minimum Gasteiger partial charge on any atom is -0.328 e. The maximum atomic E-state index is 12.2. The predicted octanol–water partition coefficient (Wildman–Crippen LogP) is 1.89. The van der Waals surface area contributed by atoms with Crippen LogP contribution in [0.15, 0.2) is 24.7 Å². The van der Waals surface area contributed by atoms with Gasteiger partial charge >= 0.3 is 6.18 Å². The number of alkyl halides is 3. The summed E-state index contributed by atoms with van der Waals surface area (Å²) in [5.41, 5.74) is -0.466. The summed E-state index contributed by atoms with van der Waals surface area (Å²) in [6, 6.07) is 2.19. The second-order valence-corrected chi connectivity index (χ2v) is 2.77. The van der Waals surface area contributed by atoms with Crippen LogP contribution in [0, 0.1) is 0 Å². The van der Waals surface area contributed by atoms with Crippen molar-refractivity contribution in [2.75, 3.05) is 0 Å². The average molecular weight is 214 g/mol. The standard InChI is InChI=1S/C8H5F3N4/c9-8(10,11)6-2-1-5(3-12-6)7-13-4-14-15-7/h1-4H,(H,13,14,15).